The van der Waals surface area contributed by atoms with Crippen molar-refractivity contribution in [1.82, 2.24) is 10.2 Å². The van der Waals surface area contributed by atoms with E-state index in [4.69, 9.17) is 4.74 Å². The summed E-state index contributed by atoms with van der Waals surface area (Å²) < 4.78 is 6.10. The molecule has 1 rings (SSSR count). The first-order valence-corrected chi connectivity index (χ1v) is 7.55. The van der Waals surface area contributed by atoms with Crippen LogP contribution in [0.2, 0.25) is 0 Å². The molecule has 0 aromatic carbocycles. The lowest BCUT2D eigenvalue weighted by molar-refractivity contribution is -0.181. The molecule has 0 amide bonds. The molecule has 19 heavy (non-hydrogen) atoms. The molecule has 4 heteroatoms. The minimum atomic E-state index is -0.101. The summed E-state index contributed by atoms with van der Waals surface area (Å²) in [5.74, 6) is 0. The van der Waals surface area contributed by atoms with E-state index in [2.05, 4.69) is 44.8 Å². The maximum absolute atomic E-state index is 9.19. The minimum absolute atomic E-state index is 0.101. The van der Waals surface area contributed by atoms with Gasteiger partial charge in [-0.1, -0.05) is 6.92 Å². The fourth-order valence-corrected chi connectivity index (χ4v) is 3.15. The Morgan fingerprint density at radius 1 is 1.21 bits per heavy atom. The van der Waals surface area contributed by atoms with E-state index in [1.54, 1.807) is 0 Å². The smallest absolute Gasteiger partial charge is 0.0760 e. The number of aliphatic hydroxyl groups excluding tert-OH is 1. The number of nitrogens with one attached hydrogen (secondary N) is 1. The molecule has 0 bridgehead atoms. The van der Waals surface area contributed by atoms with Gasteiger partial charge in [0.25, 0.3) is 0 Å². The number of morpholine rings is 1. The molecular weight excluding hydrogens is 240 g/mol. The predicted molar refractivity (Wildman–Crippen MR) is 79.5 cm³/mol. The zero-order valence-corrected chi connectivity index (χ0v) is 13.3. The van der Waals surface area contributed by atoms with Crippen molar-refractivity contribution in [2.45, 2.75) is 64.7 Å². The molecule has 0 aliphatic carbocycles. The van der Waals surface area contributed by atoms with Gasteiger partial charge in [0.2, 0.25) is 0 Å². The third-order valence-electron chi connectivity index (χ3n) is 3.40. The first-order chi connectivity index (χ1) is 8.78. The molecule has 0 radical (unpaired) electrons. The normalized spacial score (nSPS) is 24.3. The van der Waals surface area contributed by atoms with Crippen LogP contribution >= 0.6 is 0 Å². The van der Waals surface area contributed by atoms with Crippen LogP contribution in [0, 0.1) is 0 Å². The van der Waals surface area contributed by atoms with E-state index in [0.29, 0.717) is 6.04 Å². The molecular formula is C15H32N2O2. The number of ether oxygens (including phenoxy) is 1. The lowest BCUT2D eigenvalue weighted by Crippen LogP contribution is -2.59. The molecule has 0 spiro atoms. The van der Waals surface area contributed by atoms with Gasteiger partial charge in [-0.05, 0) is 47.1 Å². The van der Waals surface area contributed by atoms with Crippen LogP contribution in [0.1, 0.15) is 47.5 Å². The Morgan fingerprint density at radius 2 is 1.79 bits per heavy atom. The van der Waals surface area contributed by atoms with Gasteiger partial charge in [-0.15, -0.1) is 0 Å². The second kappa shape index (κ2) is 7.02. The molecule has 1 aliphatic heterocycles. The summed E-state index contributed by atoms with van der Waals surface area (Å²) in [5, 5.41) is 12.7. The average Bonchev–Trinajstić information content (AvgIpc) is 2.21. The van der Waals surface area contributed by atoms with Crippen LogP contribution in [0.5, 0.6) is 0 Å². The number of aliphatic hydroxyl groups is 1. The molecule has 1 aliphatic rings. The molecule has 1 fully saturated rings. The number of hydrogen-bond donors (Lipinski definition) is 2. The second-order valence-corrected chi connectivity index (χ2v) is 6.95. The Bertz CT molecular complexity index is 251. The van der Waals surface area contributed by atoms with Crippen LogP contribution in [-0.2, 0) is 4.74 Å². The molecule has 1 saturated heterocycles. The first kappa shape index (κ1) is 16.9. The third kappa shape index (κ3) is 6.21. The number of rotatable bonds is 7. The van der Waals surface area contributed by atoms with Gasteiger partial charge >= 0.3 is 0 Å². The van der Waals surface area contributed by atoms with Gasteiger partial charge in [0.15, 0.2) is 0 Å². The lowest BCUT2D eigenvalue weighted by atomic mass is 9.98. The highest BCUT2D eigenvalue weighted by Gasteiger charge is 2.38. The van der Waals surface area contributed by atoms with E-state index in [-0.39, 0.29) is 17.8 Å². The molecule has 1 heterocycles. The molecule has 114 valence electrons. The highest BCUT2D eigenvalue weighted by atomic mass is 16.5. The van der Waals surface area contributed by atoms with Crippen LogP contribution in [0.15, 0.2) is 0 Å². The molecule has 2 N–H and O–H groups in total. The van der Waals surface area contributed by atoms with E-state index in [1.807, 2.05) is 0 Å². The molecule has 1 atom stereocenters. The van der Waals surface area contributed by atoms with Gasteiger partial charge < -0.3 is 15.2 Å². The van der Waals surface area contributed by atoms with Crippen LogP contribution in [0.4, 0.5) is 0 Å². The van der Waals surface area contributed by atoms with Crippen LogP contribution < -0.4 is 5.32 Å². The summed E-state index contributed by atoms with van der Waals surface area (Å²) in [6.07, 6.45) is 1.94. The SMILES string of the molecule is CCCNC(CCO)CN1CC(C)(C)OC(C)(C)C1. The fraction of sp³-hybridized carbons (Fsp3) is 1.00. The zero-order valence-electron chi connectivity index (χ0n) is 13.3. The maximum Gasteiger partial charge on any atom is 0.0760 e. The monoisotopic (exact) mass is 272 g/mol. The van der Waals surface area contributed by atoms with Crippen molar-refractivity contribution < 1.29 is 9.84 Å². The summed E-state index contributed by atoms with van der Waals surface area (Å²) in [5.41, 5.74) is -0.202. The lowest BCUT2D eigenvalue weighted by Gasteiger charge is -2.48. The number of nitrogens with zero attached hydrogens (tertiary/aromatic N) is 1. The topological polar surface area (TPSA) is 44.7 Å². The van der Waals surface area contributed by atoms with E-state index in [0.717, 1.165) is 39.0 Å². The van der Waals surface area contributed by atoms with Gasteiger partial charge in [0.1, 0.15) is 0 Å². The van der Waals surface area contributed by atoms with Crippen LogP contribution in [0.25, 0.3) is 0 Å². The Kier molecular flexibility index (Phi) is 6.24. The van der Waals surface area contributed by atoms with Crippen molar-refractivity contribution >= 4 is 0 Å². The van der Waals surface area contributed by atoms with Gasteiger partial charge in [-0.3, -0.25) is 4.90 Å². The van der Waals surface area contributed by atoms with E-state index < -0.39 is 0 Å². The molecule has 0 aromatic rings. The van der Waals surface area contributed by atoms with Crippen molar-refractivity contribution in [3.8, 4) is 0 Å². The average molecular weight is 272 g/mol. The quantitative estimate of drug-likeness (QED) is 0.739. The Hall–Kier alpha value is -0.160. The van der Waals surface area contributed by atoms with Crippen molar-refractivity contribution in [3.05, 3.63) is 0 Å². The highest BCUT2D eigenvalue weighted by Crippen LogP contribution is 2.28. The summed E-state index contributed by atoms with van der Waals surface area (Å²) in [6, 6.07) is 0.370. The molecule has 1 unspecified atom stereocenters. The Balaban J connectivity index is 2.56. The van der Waals surface area contributed by atoms with E-state index in [9.17, 15) is 5.11 Å². The van der Waals surface area contributed by atoms with E-state index >= 15 is 0 Å². The minimum Gasteiger partial charge on any atom is -0.396 e. The Morgan fingerprint density at radius 3 is 2.26 bits per heavy atom. The van der Waals surface area contributed by atoms with Gasteiger partial charge in [-0.25, -0.2) is 0 Å². The predicted octanol–water partition coefficient (Wildman–Crippen LogP) is 1.63. The summed E-state index contributed by atoms with van der Waals surface area (Å²) in [4.78, 5) is 2.46. The largest absolute Gasteiger partial charge is 0.396 e. The molecule has 4 nitrogen and oxygen atoms in total. The number of hydrogen-bond acceptors (Lipinski definition) is 4. The fourth-order valence-electron chi connectivity index (χ4n) is 3.15. The van der Waals surface area contributed by atoms with Gasteiger partial charge in [0.05, 0.1) is 11.2 Å². The van der Waals surface area contributed by atoms with Gasteiger partial charge in [-0.2, -0.15) is 0 Å². The maximum atomic E-state index is 9.19. The van der Waals surface area contributed by atoms with Crippen molar-refractivity contribution in [2.24, 2.45) is 0 Å². The second-order valence-electron chi connectivity index (χ2n) is 6.95. The first-order valence-electron chi connectivity index (χ1n) is 7.55. The molecule has 0 saturated carbocycles. The summed E-state index contributed by atoms with van der Waals surface area (Å²) in [6.45, 7) is 14.9. The molecule has 0 aromatic heterocycles. The van der Waals surface area contributed by atoms with Crippen molar-refractivity contribution in [1.29, 1.82) is 0 Å². The van der Waals surface area contributed by atoms with Crippen molar-refractivity contribution in [2.75, 3.05) is 32.8 Å². The third-order valence-corrected chi connectivity index (χ3v) is 3.40. The Labute approximate surface area is 118 Å². The summed E-state index contributed by atoms with van der Waals surface area (Å²) in [7, 11) is 0. The zero-order chi connectivity index (χ0) is 14.5. The highest BCUT2D eigenvalue weighted by molar-refractivity contribution is 4.90. The van der Waals surface area contributed by atoms with E-state index in [1.165, 1.54) is 0 Å². The van der Waals surface area contributed by atoms with Crippen molar-refractivity contribution in [3.63, 3.8) is 0 Å². The van der Waals surface area contributed by atoms with Gasteiger partial charge in [0, 0.05) is 32.3 Å². The summed E-state index contributed by atoms with van der Waals surface area (Å²) >= 11 is 0. The van der Waals surface area contributed by atoms with Crippen LogP contribution in [-0.4, -0.2) is 60.0 Å². The van der Waals surface area contributed by atoms with Crippen LogP contribution in [0.3, 0.4) is 0 Å². The standard InChI is InChI=1S/C15H32N2O2/c1-6-8-16-13(7-9-18)10-17-11-14(2,3)19-15(4,5)12-17/h13,16,18H,6-12H2,1-5H3.